The molecule has 28 heavy (non-hydrogen) atoms. The third kappa shape index (κ3) is 4.15. The van der Waals surface area contributed by atoms with Gasteiger partial charge in [0.05, 0.1) is 11.4 Å². The molecule has 1 N–H and O–H groups in total. The van der Waals surface area contributed by atoms with E-state index in [1.54, 1.807) is 35.6 Å². The van der Waals surface area contributed by atoms with Crippen molar-refractivity contribution in [1.82, 2.24) is 9.21 Å². The van der Waals surface area contributed by atoms with Crippen molar-refractivity contribution in [2.24, 2.45) is 0 Å². The highest BCUT2D eigenvalue weighted by Crippen LogP contribution is 2.34. The second kappa shape index (κ2) is 8.32. The summed E-state index contributed by atoms with van der Waals surface area (Å²) in [7, 11) is -3.48. The lowest BCUT2D eigenvalue weighted by Gasteiger charge is -2.23. The van der Waals surface area contributed by atoms with Crippen LogP contribution >= 0.6 is 11.3 Å². The molecule has 0 radical (unpaired) electrons. The molecule has 2 fully saturated rings. The zero-order chi connectivity index (χ0) is 19.6. The Morgan fingerprint density at radius 2 is 1.93 bits per heavy atom. The summed E-state index contributed by atoms with van der Waals surface area (Å²) in [5, 5.41) is 4.95. The Morgan fingerprint density at radius 3 is 2.68 bits per heavy atom. The molecule has 0 spiro atoms. The monoisotopic (exact) mass is 419 g/mol. The quantitative estimate of drug-likeness (QED) is 0.780. The van der Waals surface area contributed by atoms with E-state index in [0.717, 1.165) is 32.2 Å². The second-order valence-corrected chi connectivity index (χ2v) is 10.2. The van der Waals surface area contributed by atoms with Gasteiger partial charge >= 0.3 is 0 Å². The van der Waals surface area contributed by atoms with Crippen LogP contribution in [0.5, 0.6) is 0 Å². The van der Waals surface area contributed by atoms with Crippen molar-refractivity contribution < 1.29 is 13.2 Å². The van der Waals surface area contributed by atoms with Gasteiger partial charge in [0.1, 0.15) is 0 Å². The number of benzene rings is 1. The van der Waals surface area contributed by atoms with Crippen LogP contribution < -0.4 is 5.32 Å². The highest BCUT2D eigenvalue weighted by molar-refractivity contribution is 7.89. The maximum Gasteiger partial charge on any atom is 0.243 e. The molecule has 1 aromatic carbocycles. The summed E-state index contributed by atoms with van der Waals surface area (Å²) in [6, 6.07) is 11.0. The van der Waals surface area contributed by atoms with Crippen molar-refractivity contribution in [2.75, 3.05) is 31.5 Å². The average Bonchev–Trinajstić information content (AvgIpc) is 3.43. The molecule has 1 amide bonds. The molecule has 0 saturated carbocycles. The number of hydrogen-bond acceptors (Lipinski definition) is 5. The third-order valence-electron chi connectivity index (χ3n) is 5.40. The molecule has 150 valence electrons. The summed E-state index contributed by atoms with van der Waals surface area (Å²) in [5.74, 6) is -0.112. The third-order valence-corrected chi connectivity index (χ3v) is 8.27. The standard InChI is InChI=1S/C20H25N3O3S2/c24-20(15-22-10-4-8-18(22)19-9-5-13-27-19)21-16-6-3-7-17(14-16)28(25,26)23-11-1-2-12-23/h3,5-7,9,13-14,18H,1-2,4,8,10-12,15H2,(H,21,24)/t18-/m0/s1. The Morgan fingerprint density at radius 1 is 1.11 bits per heavy atom. The second-order valence-electron chi connectivity index (χ2n) is 7.33. The van der Waals surface area contributed by atoms with Gasteiger partial charge in [-0.25, -0.2) is 8.42 Å². The van der Waals surface area contributed by atoms with Gasteiger partial charge in [0, 0.05) is 29.7 Å². The predicted molar refractivity (Wildman–Crippen MR) is 111 cm³/mol. The van der Waals surface area contributed by atoms with Crippen molar-refractivity contribution in [3.63, 3.8) is 0 Å². The molecular formula is C20H25N3O3S2. The minimum Gasteiger partial charge on any atom is -0.325 e. The van der Waals surface area contributed by atoms with E-state index in [0.29, 0.717) is 31.4 Å². The van der Waals surface area contributed by atoms with Crippen LogP contribution in [0, 0.1) is 0 Å². The SMILES string of the molecule is O=C(CN1CCC[C@H]1c1cccs1)Nc1cccc(S(=O)(=O)N2CCCC2)c1. The Hall–Kier alpha value is -1.74. The first kappa shape index (κ1) is 19.6. The van der Waals surface area contributed by atoms with Gasteiger partial charge in [0.15, 0.2) is 0 Å². The van der Waals surface area contributed by atoms with E-state index in [1.807, 2.05) is 6.07 Å². The summed E-state index contributed by atoms with van der Waals surface area (Å²) >= 11 is 1.73. The van der Waals surface area contributed by atoms with Crippen LogP contribution in [0.15, 0.2) is 46.7 Å². The number of amides is 1. The Bertz CT molecular complexity index is 922. The lowest BCUT2D eigenvalue weighted by Crippen LogP contribution is -2.32. The molecule has 4 rings (SSSR count). The van der Waals surface area contributed by atoms with Crippen molar-refractivity contribution in [3.05, 3.63) is 46.7 Å². The number of carbonyl (C=O) groups is 1. The van der Waals surface area contributed by atoms with Crippen molar-refractivity contribution in [2.45, 2.75) is 36.6 Å². The first-order valence-electron chi connectivity index (χ1n) is 9.71. The fourth-order valence-electron chi connectivity index (χ4n) is 4.02. The van der Waals surface area contributed by atoms with E-state index < -0.39 is 10.0 Å². The lowest BCUT2D eigenvalue weighted by atomic mass is 10.2. The van der Waals surface area contributed by atoms with E-state index in [4.69, 9.17) is 0 Å². The van der Waals surface area contributed by atoms with Gasteiger partial charge in [-0.3, -0.25) is 9.69 Å². The molecule has 2 aromatic rings. The van der Waals surface area contributed by atoms with Crippen molar-refractivity contribution in [1.29, 1.82) is 0 Å². The van der Waals surface area contributed by atoms with Gasteiger partial charge < -0.3 is 5.32 Å². The number of sulfonamides is 1. The Labute approximate surface area is 170 Å². The molecule has 0 unspecified atom stereocenters. The summed E-state index contributed by atoms with van der Waals surface area (Å²) in [5.41, 5.74) is 0.525. The van der Waals surface area contributed by atoms with Gasteiger partial charge in [0.2, 0.25) is 15.9 Å². The molecule has 1 atom stereocenters. The van der Waals surface area contributed by atoms with E-state index in [1.165, 1.54) is 9.18 Å². The molecular weight excluding hydrogens is 394 g/mol. The molecule has 1 aromatic heterocycles. The first-order chi connectivity index (χ1) is 13.5. The predicted octanol–water partition coefficient (Wildman–Crippen LogP) is 3.31. The fourth-order valence-corrected chi connectivity index (χ4v) is 6.47. The number of carbonyl (C=O) groups excluding carboxylic acids is 1. The van der Waals surface area contributed by atoms with Crippen molar-refractivity contribution in [3.8, 4) is 0 Å². The van der Waals surface area contributed by atoms with Gasteiger partial charge in [0.25, 0.3) is 0 Å². The molecule has 2 saturated heterocycles. The van der Waals surface area contributed by atoms with Crippen LogP contribution in [0.2, 0.25) is 0 Å². The van der Waals surface area contributed by atoms with Crippen LogP contribution in [0.3, 0.4) is 0 Å². The van der Waals surface area contributed by atoms with E-state index in [2.05, 4.69) is 21.7 Å². The number of nitrogens with zero attached hydrogens (tertiary/aromatic N) is 2. The minimum absolute atomic E-state index is 0.112. The Kier molecular flexibility index (Phi) is 5.82. The Balaban J connectivity index is 1.42. The number of hydrogen-bond donors (Lipinski definition) is 1. The highest BCUT2D eigenvalue weighted by atomic mass is 32.2. The lowest BCUT2D eigenvalue weighted by molar-refractivity contribution is -0.117. The van der Waals surface area contributed by atoms with Crippen LogP contribution in [0.1, 0.15) is 36.6 Å². The summed E-state index contributed by atoms with van der Waals surface area (Å²) < 4.78 is 27.0. The van der Waals surface area contributed by atoms with Crippen LogP contribution in [-0.2, 0) is 14.8 Å². The topological polar surface area (TPSA) is 69.7 Å². The van der Waals surface area contributed by atoms with Gasteiger partial charge in [-0.1, -0.05) is 12.1 Å². The number of nitrogens with one attached hydrogen (secondary N) is 1. The summed E-state index contributed by atoms with van der Waals surface area (Å²) in [4.78, 5) is 16.3. The number of rotatable bonds is 6. The first-order valence-corrected chi connectivity index (χ1v) is 12.0. The van der Waals surface area contributed by atoms with Crippen LogP contribution in [0.25, 0.3) is 0 Å². The van der Waals surface area contributed by atoms with Gasteiger partial charge in [-0.05, 0) is 61.9 Å². The van der Waals surface area contributed by atoms with Gasteiger partial charge in [-0.2, -0.15) is 4.31 Å². The molecule has 2 aliphatic heterocycles. The molecule has 6 nitrogen and oxygen atoms in total. The van der Waals surface area contributed by atoms with Gasteiger partial charge in [-0.15, -0.1) is 11.3 Å². The average molecular weight is 420 g/mol. The summed E-state index contributed by atoms with van der Waals surface area (Å²) in [6.45, 7) is 2.35. The zero-order valence-corrected chi connectivity index (χ0v) is 17.3. The normalized spacial score (nSPS) is 21.2. The fraction of sp³-hybridized carbons (Fsp3) is 0.450. The van der Waals surface area contributed by atoms with E-state index in [9.17, 15) is 13.2 Å². The van der Waals surface area contributed by atoms with Crippen LogP contribution in [0.4, 0.5) is 5.69 Å². The van der Waals surface area contributed by atoms with E-state index in [-0.39, 0.29) is 10.8 Å². The van der Waals surface area contributed by atoms with Crippen molar-refractivity contribution >= 4 is 33.0 Å². The largest absolute Gasteiger partial charge is 0.325 e. The minimum atomic E-state index is -3.48. The maximum absolute atomic E-state index is 12.7. The molecule has 2 aliphatic rings. The van der Waals surface area contributed by atoms with E-state index >= 15 is 0 Å². The molecule has 0 bridgehead atoms. The van der Waals surface area contributed by atoms with Crippen LogP contribution in [-0.4, -0.2) is 49.7 Å². The molecule has 3 heterocycles. The summed E-state index contributed by atoms with van der Waals surface area (Å²) in [6.07, 6.45) is 3.95. The smallest absolute Gasteiger partial charge is 0.243 e. The number of anilines is 1. The number of thiophene rings is 1. The number of likely N-dealkylation sites (tertiary alicyclic amines) is 1. The molecule has 0 aliphatic carbocycles. The highest BCUT2D eigenvalue weighted by Gasteiger charge is 2.29. The zero-order valence-electron chi connectivity index (χ0n) is 15.7. The maximum atomic E-state index is 12.7. The molecule has 8 heteroatoms.